The van der Waals surface area contributed by atoms with Crippen LogP contribution >= 0.6 is 0 Å². The first-order valence-electron chi connectivity index (χ1n) is 8.21. The van der Waals surface area contributed by atoms with Crippen LogP contribution in [0.3, 0.4) is 0 Å². The Labute approximate surface area is 148 Å². The van der Waals surface area contributed by atoms with Gasteiger partial charge in [0.2, 0.25) is 11.8 Å². The second-order valence-corrected chi connectivity index (χ2v) is 6.23. The van der Waals surface area contributed by atoms with Gasteiger partial charge < -0.3 is 10.6 Å². The maximum atomic E-state index is 13.7. The lowest BCUT2D eigenvalue weighted by Gasteiger charge is -2.16. The van der Waals surface area contributed by atoms with Gasteiger partial charge in [0, 0.05) is 6.54 Å². The molecule has 1 saturated carbocycles. The molecule has 0 unspecified atom stereocenters. The fourth-order valence-corrected chi connectivity index (χ4v) is 2.71. The third-order valence-corrected chi connectivity index (χ3v) is 4.46. The Kier molecular flexibility index (Phi) is 4.97. The van der Waals surface area contributed by atoms with Crippen LogP contribution in [-0.4, -0.2) is 18.4 Å². The molecule has 3 rings (SSSR count). The van der Waals surface area contributed by atoms with Gasteiger partial charge in [0.1, 0.15) is 28.6 Å². The van der Waals surface area contributed by atoms with E-state index in [0.717, 1.165) is 12.1 Å². The highest BCUT2D eigenvalue weighted by atomic mass is 19.1. The third-order valence-electron chi connectivity index (χ3n) is 4.46. The molecular weight excluding hydrogens is 345 g/mol. The first-order valence-corrected chi connectivity index (χ1v) is 8.21. The number of carbonyl (C=O) groups excluding carboxylic acids is 2. The number of nitrogens with one attached hydrogen (secondary N) is 2. The summed E-state index contributed by atoms with van der Waals surface area (Å²) >= 11 is 0. The number of halogens is 3. The molecule has 26 heavy (non-hydrogen) atoms. The van der Waals surface area contributed by atoms with E-state index in [0.29, 0.717) is 18.4 Å². The normalized spacial score (nSPS) is 14.6. The van der Waals surface area contributed by atoms with E-state index < -0.39 is 34.6 Å². The third kappa shape index (κ3) is 3.56. The molecule has 0 radical (unpaired) electrons. The highest BCUT2D eigenvalue weighted by Gasteiger charge is 2.56. The zero-order chi connectivity index (χ0) is 18.7. The van der Waals surface area contributed by atoms with E-state index in [1.807, 2.05) is 0 Å². The standard InChI is InChI=1S/C19H17F3N2O2/c20-13-5-2-1-4-12(13)8-11-23-17(25)19(9-10-19)18(26)24-16-14(21)6-3-7-15(16)22/h1-7H,8-11H2,(H,23,25)(H,24,26). The maximum absolute atomic E-state index is 13.7. The van der Waals surface area contributed by atoms with Crippen molar-refractivity contribution in [2.75, 3.05) is 11.9 Å². The number of rotatable bonds is 6. The average molecular weight is 362 g/mol. The van der Waals surface area contributed by atoms with Crippen LogP contribution in [0.5, 0.6) is 0 Å². The summed E-state index contributed by atoms with van der Waals surface area (Å²) in [5.74, 6) is -3.45. The molecule has 0 aromatic heterocycles. The molecule has 0 atom stereocenters. The summed E-state index contributed by atoms with van der Waals surface area (Å²) in [6, 6.07) is 9.43. The van der Waals surface area contributed by atoms with Crippen molar-refractivity contribution in [1.82, 2.24) is 5.32 Å². The van der Waals surface area contributed by atoms with Gasteiger partial charge in [-0.15, -0.1) is 0 Å². The SMILES string of the molecule is O=C(NCCc1ccccc1F)C1(C(=O)Nc2c(F)cccc2F)CC1. The Hall–Kier alpha value is -2.83. The van der Waals surface area contributed by atoms with Crippen molar-refractivity contribution in [3.05, 3.63) is 65.5 Å². The fourth-order valence-electron chi connectivity index (χ4n) is 2.71. The Bertz CT molecular complexity index is 830. The first-order chi connectivity index (χ1) is 12.4. The molecule has 7 heteroatoms. The van der Waals surface area contributed by atoms with Crippen LogP contribution in [0, 0.1) is 22.9 Å². The molecule has 2 aromatic carbocycles. The summed E-state index contributed by atoms with van der Waals surface area (Å²) in [4.78, 5) is 24.7. The van der Waals surface area contributed by atoms with E-state index in [1.165, 1.54) is 12.1 Å². The first kappa shape index (κ1) is 18.0. The lowest BCUT2D eigenvalue weighted by molar-refractivity contribution is -0.134. The predicted octanol–water partition coefficient (Wildman–Crippen LogP) is 3.18. The minimum Gasteiger partial charge on any atom is -0.355 e. The predicted molar refractivity (Wildman–Crippen MR) is 89.8 cm³/mol. The van der Waals surface area contributed by atoms with Gasteiger partial charge in [0.05, 0.1) is 0 Å². The van der Waals surface area contributed by atoms with Gasteiger partial charge in [0.25, 0.3) is 0 Å². The van der Waals surface area contributed by atoms with E-state index in [4.69, 9.17) is 0 Å². The van der Waals surface area contributed by atoms with Gasteiger partial charge >= 0.3 is 0 Å². The number of benzene rings is 2. The van der Waals surface area contributed by atoms with Gasteiger partial charge in [-0.2, -0.15) is 0 Å². The molecule has 2 N–H and O–H groups in total. The average Bonchev–Trinajstić information content (AvgIpc) is 3.42. The largest absolute Gasteiger partial charge is 0.355 e. The zero-order valence-electron chi connectivity index (χ0n) is 13.8. The van der Waals surface area contributed by atoms with E-state index in [2.05, 4.69) is 10.6 Å². The van der Waals surface area contributed by atoms with Crippen molar-refractivity contribution in [2.45, 2.75) is 19.3 Å². The van der Waals surface area contributed by atoms with Gasteiger partial charge in [0.15, 0.2) is 0 Å². The second-order valence-electron chi connectivity index (χ2n) is 6.23. The molecule has 1 aliphatic rings. The Morgan fingerprint density at radius 1 is 0.885 bits per heavy atom. The number of anilines is 1. The Morgan fingerprint density at radius 2 is 1.50 bits per heavy atom. The van der Waals surface area contributed by atoms with Crippen LogP contribution in [0.1, 0.15) is 18.4 Å². The van der Waals surface area contributed by atoms with Gasteiger partial charge in [-0.1, -0.05) is 24.3 Å². The number of hydrogen-bond acceptors (Lipinski definition) is 2. The lowest BCUT2D eigenvalue weighted by atomic mass is 10.0. The van der Waals surface area contributed by atoms with Gasteiger partial charge in [-0.05, 0) is 43.0 Å². The summed E-state index contributed by atoms with van der Waals surface area (Å²) in [5, 5.41) is 4.77. The van der Waals surface area contributed by atoms with E-state index in [-0.39, 0.29) is 18.8 Å². The molecule has 1 aliphatic carbocycles. The van der Waals surface area contributed by atoms with E-state index >= 15 is 0 Å². The van der Waals surface area contributed by atoms with Gasteiger partial charge in [-0.25, -0.2) is 13.2 Å². The molecule has 0 saturated heterocycles. The molecule has 0 aliphatic heterocycles. The topological polar surface area (TPSA) is 58.2 Å². The van der Waals surface area contributed by atoms with Crippen LogP contribution in [-0.2, 0) is 16.0 Å². The van der Waals surface area contributed by atoms with Crippen molar-refractivity contribution in [1.29, 1.82) is 0 Å². The molecule has 0 bridgehead atoms. The van der Waals surface area contributed by atoms with Crippen molar-refractivity contribution < 1.29 is 22.8 Å². The highest BCUT2D eigenvalue weighted by molar-refractivity contribution is 6.13. The monoisotopic (exact) mass is 362 g/mol. The zero-order valence-corrected chi connectivity index (χ0v) is 13.8. The van der Waals surface area contributed by atoms with E-state index in [1.54, 1.807) is 18.2 Å². The quantitative estimate of drug-likeness (QED) is 0.776. The van der Waals surface area contributed by atoms with Crippen LogP contribution in [0.2, 0.25) is 0 Å². The molecular formula is C19H17F3N2O2. The number of hydrogen-bond donors (Lipinski definition) is 2. The molecule has 2 aromatic rings. The summed E-state index contributed by atoms with van der Waals surface area (Å²) in [5.41, 5.74) is -1.44. The van der Waals surface area contributed by atoms with Crippen molar-refractivity contribution in [3.63, 3.8) is 0 Å². The second kappa shape index (κ2) is 7.19. The lowest BCUT2D eigenvalue weighted by Crippen LogP contribution is -2.41. The van der Waals surface area contributed by atoms with Crippen LogP contribution in [0.25, 0.3) is 0 Å². The number of amides is 2. The minimum atomic E-state index is -1.33. The van der Waals surface area contributed by atoms with Crippen LogP contribution in [0.4, 0.5) is 18.9 Å². The molecule has 1 fully saturated rings. The molecule has 2 amide bonds. The number of para-hydroxylation sites is 1. The number of carbonyl (C=O) groups is 2. The highest BCUT2D eigenvalue weighted by Crippen LogP contribution is 2.47. The molecule has 0 spiro atoms. The van der Waals surface area contributed by atoms with Crippen LogP contribution < -0.4 is 10.6 Å². The maximum Gasteiger partial charge on any atom is 0.240 e. The van der Waals surface area contributed by atoms with E-state index in [9.17, 15) is 22.8 Å². The van der Waals surface area contributed by atoms with Crippen molar-refractivity contribution in [2.24, 2.45) is 5.41 Å². The Morgan fingerprint density at radius 3 is 2.12 bits per heavy atom. The van der Waals surface area contributed by atoms with Crippen molar-refractivity contribution >= 4 is 17.5 Å². The molecule has 136 valence electrons. The summed E-state index contributed by atoms with van der Waals surface area (Å²) in [6.45, 7) is 0.156. The summed E-state index contributed by atoms with van der Waals surface area (Å²) in [6.07, 6.45) is 0.860. The minimum absolute atomic E-state index is 0.156. The smallest absolute Gasteiger partial charge is 0.240 e. The van der Waals surface area contributed by atoms with Crippen LogP contribution in [0.15, 0.2) is 42.5 Å². The Balaban J connectivity index is 1.60. The van der Waals surface area contributed by atoms with Gasteiger partial charge in [-0.3, -0.25) is 9.59 Å². The summed E-state index contributed by atoms with van der Waals surface area (Å²) < 4.78 is 40.9. The fraction of sp³-hybridized carbons (Fsp3) is 0.263. The summed E-state index contributed by atoms with van der Waals surface area (Å²) in [7, 11) is 0. The molecule has 0 heterocycles. The van der Waals surface area contributed by atoms with Crippen molar-refractivity contribution in [3.8, 4) is 0 Å². The molecule has 4 nitrogen and oxygen atoms in total.